The van der Waals surface area contributed by atoms with E-state index in [1.54, 1.807) is 28.9 Å². The van der Waals surface area contributed by atoms with E-state index in [9.17, 15) is 13.6 Å². The number of hydrogen-bond donors (Lipinski definition) is 2. The Morgan fingerprint density at radius 1 is 1.14 bits per heavy atom. The summed E-state index contributed by atoms with van der Waals surface area (Å²) in [7, 11) is 0. The molecule has 2 heterocycles. The highest BCUT2D eigenvalue weighted by molar-refractivity contribution is 7.99. The van der Waals surface area contributed by atoms with Crippen molar-refractivity contribution in [1.29, 1.82) is 0 Å². The average molecular weight is 418 g/mol. The van der Waals surface area contributed by atoms with E-state index in [1.807, 2.05) is 19.9 Å². The fraction of sp³-hybridized carbons (Fsp3) is 0.263. The number of rotatable bonds is 8. The van der Waals surface area contributed by atoms with Crippen LogP contribution in [0.25, 0.3) is 5.82 Å². The Labute approximate surface area is 170 Å². The van der Waals surface area contributed by atoms with Crippen molar-refractivity contribution in [3.05, 3.63) is 59.4 Å². The quantitative estimate of drug-likeness (QED) is 0.431. The number of alkyl halides is 2. The second-order valence-electron chi connectivity index (χ2n) is 6.17. The Morgan fingerprint density at radius 2 is 1.93 bits per heavy atom. The zero-order chi connectivity index (χ0) is 20.8. The molecule has 0 spiro atoms. The molecule has 0 aliphatic carbocycles. The molecule has 29 heavy (non-hydrogen) atoms. The summed E-state index contributed by atoms with van der Waals surface area (Å²) >= 11 is 0.356. The standard InChI is InChI=1S/C19H20F2N6OS/c1-12-11-13(2)27(26-12)17-8-7-16(24-25-17)22-9-10-23-18(28)14-5-3-4-6-15(14)29-19(20)21/h3-8,11,19H,9-10H2,1-2H3,(H,22,24)(H,23,28). The molecule has 0 aliphatic rings. The maximum Gasteiger partial charge on any atom is 0.288 e. The van der Waals surface area contributed by atoms with Gasteiger partial charge >= 0.3 is 0 Å². The summed E-state index contributed by atoms with van der Waals surface area (Å²) in [6.45, 7) is 4.55. The molecule has 2 N–H and O–H groups in total. The molecule has 2 aromatic heterocycles. The van der Waals surface area contributed by atoms with E-state index >= 15 is 0 Å². The number of carbonyl (C=O) groups is 1. The van der Waals surface area contributed by atoms with Crippen molar-refractivity contribution >= 4 is 23.5 Å². The predicted molar refractivity (Wildman–Crippen MR) is 108 cm³/mol. The van der Waals surface area contributed by atoms with Crippen molar-refractivity contribution in [1.82, 2.24) is 25.3 Å². The van der Waals surface area contributed by atoms with Crippen LogP contribution in [0.4, 0.5) is 14.6 Å². The van der Waals surface area contributed by atoms with Crippen molar-refractivity contribution < 1.29 is 13.6 Å². The molecule has 152 valence electrons. The number of benzene rings is 1. The fourth-order valence-corrected chi connectivity index (χ4v) is 3.34. The molecule has 1 aromatic carbocycles. The Kier molecular flexibility index (Phi) is 6.76. The van der Waals surface area contributed by atoms with Gasteiger partial charge in [0.2, 0.25) is 0 Å². The van der Waals surface area contributed by atoms with E-state index in [0.29, 0.717) is 36.5 Å². The lowest BCUT2D eigenvalue weighted by atomic mass is 10.2. The van der Waals surface area contributed by atoms with E-state index in [0.717, 1.165) is 11.4 Å². The fourth-order valence-electron chi connectivity index (χ4n) is 2.71. The number of nitrogens with one attached hydrogen (secondary N) is 2. The van der Waals surface area contributed by atoms with Gasteiger partial charge in [0.15, 0.2) is 5.82 Å². The number of hydrogen-bond acceptors (Lipinski definition) is 6. The summed E-state index contributed by atoms with van der Waals surface area (Å²) in [6.07, 6.45) is 0. The zero-order valence-electron chi connectivity index (χ0n) is 15.9. The van der Waals surface area contributed by atoms with Crippen LogP contribution >= 0.6 is 11.8 Å². The number of anilines is 1. The highest BCUT2D eigenvalue weighted by Crippen LogP contribution is 2.28. The summed E-state index contributed by atoms with van der Waals surface area (Å²) in [6, 6.07) is 11.8. The third-order valence-electron chi connectivity index (χ3n) is 3.94. The topological polar surface area (TPSA) is 84.7 Å². The largest absolute Gasteiger partial charge is 0.367 e. The maximum absolute atomic E-state index is 12.6. The highest BCUT2D eigenvalue weighted by Gasteiger charge is 2.14. The summed E-state index contributed by atoms with van der Waals surface area (Å²) in [5.74, 6) is -1.82. The minimum Gasteiger partial charge on any atom is -0.367 e. The Balaban J connectivity index is 1.51. The lowest BCUT2D eigenvalue weighted by Crippen LogP contribution is -2.29. The minimum atomic E-state index is -2.58. The van der Waals surface area contributed by atoms with Crippen LogP contribution in [0.15, 0.2) is 47.4 Å². The van der Waals surface area contributed by atoms with E-state index in [1.165, 1.54) is 12.1 Å². The van der Waals surface area contributed by atoms with Gasteiger partial charge in [-0.3, -0.25) is 4.79 Å². The van der Waals surface area contributed by atoms with Crippen LogP contribution in [-0.2, 0) is 0 Å². The maximum atomic E-state index is 12.6. The van der Waals surface area contributed by atoms with E-state index in [-0.39, 0.29) is 10.5 Å². The number of aryl methyl sites for hydroxylation is 2. The first kappa shape index (κ1) is 20.7. The molecule has 0 aliphatic heterocycles. The van der Waals surface area contributed by atoms with Crippen molar-refractivity contribution in [2.45, 2.75) is 24.5 Å². The van der Waals surface area contributed by atoms with Crippen molar-refractivity contribution in [3.63, 3.8) is 0 Å². The molecular weight excluding hydrogens is 398 g/mol. The summed E-state index contributed by atoms with van der Waals surface area (Å²) in [4.78, 5) is 12.5. The average Bonchev–Trinajstić information content (AvgIpc) is 3.03. The van der Waals surface area contributed by atoms with Crippen molar-refractivity contribution in [3.8, 4) is 5.82 Å². The van der Waals surface area contributed by atoms with E-state index in [2.05, 4.69) is 25.9 Å². The Hall–Kier alpha value is -3.01. The van der Waals surface area contributed by atoms with Gasteiger partial charge in [0, 0.05) is 23.7 Å². The molecule has 0 bridgehead atoms. The Morgan fingerprint density at radius 3 is 2.59 bits per heavy atom. The second-order valence-corrected chi connectivity index (χ2v) is 7.20. The van der Waals surface area contributed by atoms with Gasteiger partial charge in [0.1, 0.15) is 5.82 Å². The number of amides is 1. The monoisotopic (exact) mass is 418 g/mol. The van der Waals surface area contributed by atoms with Gasteiger partial charge in [-0.05, 0) is 44.2 Å². The lowest BCUT2D eigenvalue weighted by molar-refractivity contribution is 0.0952. The number of thioether (sulfide) groups is 1. The van der Waals surface area contributed by atoms with Crippen molar-refractivity contribution in [2.24, 2.45) is 0 Å². The zero-order valence-corrected chi connectivity index (χ0v) is 16.7. The van der Waals surface area contributed by atoms with E-state index < -0.39 is 11.7 Å². The summed E-state index contributed by atoms with van der Waals surface area (Å²) in [5, 5.41) is 18.4. The van der Waals surface area contributed by atoms with Crippen molar-refractivity contribution in [2.75, 3.05) is 18.4 Å². The Bertz CT molecular complexity index is 977. The van der Waals surface area contributed by atoms with Gasteiger partial charge in [0.05, 0.1) is 11.3 Å². The minimum absolute atomic E-state index is 0.229. The molecule has 3 aromatic rings. The normalized spacial score (nSPS) is 10.9. The molecule has 0 saturated heterocycles. The SMILES string of the molecule is Cc1cc(C)n(-c2ccc(NCCNC(=O)c3ccccc3SC(F)F)nn2)n1. The van der Waals surface area contributed by atoms with Gasteiger partial charge < -0.3 is 10.6 Å². The predicted octanol–water partition coefficient (Wildman–Crippen LogP) is 3.44. The number of aromatic nitrogens is 4. The van der Waals surface area contributed by atoms with Crippen LogP contribution in [0.2, 0.25) is 0 Å². The van der Waals surface area contributed by atoms with Gasteiger partial charge in [-0.1, -0.05) is 23.9 Å². The van der Waals surface area contributed by atoms with Crippen LogP contribution in [-0.4, -0.2) is 44.7 Å². The first-order valence-electron chi connectivity index (χ1n) is 8.87. The van der Waals surface area contributed by atoms with E-state index in [4.69, 9.17) is 0 Å². The van der Waals surface area contributed by atoms with Crippen LogP contribution in [0, 0.1) is 13.8 Å². The van der Waals surface area contributed by atoms with Gasteiger partial charge in [-0.15, -0.1) is 10.2 Å². The molecule has 0 unspecified atom stereocenters. The molecule has 0 atom stereocenters. The molecular formula is C19H20F2N6OS. The van der Waals surface area contributed by atoms with Crippen LogP contribution in [0.3, 0.4) is 0 Å². The van der Waals surface area contributed by atoms with Crippen LogP contribution in [0.1, 0.15) is 21.7 Å². The molecule has 1 amide bonds. The van der Waals surface area contributed by atoms with Gasteiger partial charge in [-0.25, -0.2) is 4.68 Å². The molecule has 3 rings (SSSR count). The second kappa shape index (κ2) is 9.46. The smallest absolute Gasteiger partial charge is 0.288 e. The molecule has 0 fully saturated rings. The van der Waals surface area contributed by atoms with Gasteiger partial charge in [0.25, 0.3) is 11.7 Å². The third kappa shape index (κ3) is 5.50. The number of nitrogens with zero attached hydrogens (tertiary/aromatic N) is 4. The highest BCUT2D eigenvalue weighted by atomic mass is 32.2. The van der Waals surface area contributed by atoms with Crippen LogP contribution in [0.5, 0.6) is 0 Å². The molecule has 0 saturated carbocycles. The number of carbonyl (C=O) groups excluding carboxylic acids is 1. The van der Waals surface area contributed by atoms with Crippen LogP contribution < -0.4 is 10.6 Å². The van der Waals surface area contributed by atoms with Gasteiger partial charge in [-0.2, -0.15) is 13.9 Å². The molecule has 0 radical (unpaired) electrons. The summed E-state index contributed by atoms with van der Waals surface area (Å²) in [5.41, 5.74) is 2.09. The first-order chi connectivity index (χ1) is 13.9. The molecule has 10 heteroatoms. The lowest BCUT2D eigenvalue weighted by Gasteiger charge is -2.10. The first-order valence-corrected chi connectivity index (χ1v) is 9.75. The summed E-state index contributed by atoms with van der Waals surface area (Å²) < 4.78 is 27.0. The molecule has 7 nitrogen and oxygen atoms in total. The third-order valence-corrected chi connectivity index (χ3v) is 4.73. The number of halogens is 2.